The van der Waals surface area contributed by atoms with Gasteiger partial charge in [0.1, 0.15) is 0 Å². The van der Waals surface area contributed by atoms with Gasteiger partial charge in [0.2, 0.25) is 6.29 Å². The molecule has 0 aliphatic carbocycles. The van der Waals surface area contributed by atoms with E-state index in [9.17, 15) is 0 Å². The molecule has 1 heterocycles. The number of benzene rings is 1. The van der Waals surface area contributed by atoms with Crippen LogP contribution in [0.4, 0.5) is 0 Å². The highest BCUT2D eigenvalue weighted by molar-refractivity contribution is 5.29. The van der Waals surface area contributed by atoms with E-state index in [-0.39, 0.29) is 6.29 Å². The largest absolute Gasteiger partial charge is 0.353 e. The first kappa shape index (κ1) is 10.6. The summed E-state index contributed by atoms with van der Waals surface area (Å²) in [6.07, 6.45) is -0.209. The molecule has 0 aromatic heterocycles. The van der Waals surface area contributed by atoms with Crippen LogP contribution in [0.15, 0.2) is 24.3 Å². The predicted molar refractivity (Wildman–Crippen MR) is 52.9 cm³/mol. The van der Waals surface area contributed by atoms with Crippen LogP contribution in [0.3, 0.4) is 0 Å². The van der Waals surface area contributed by atoms with Gasteiger partial charge in [0, 0.05) is 26.2 Å². The molecule has 0 N–H and O–H groups in total. The fraction of sp³-hybridized carbons (Fsp3) is 0.455. The monoisotopic (exact) mass is 210 g/mol. The highest BCUT2D eigenvalue weighted by Gasteiger charge is 2.24. The highest BCUT2D eigenvalue weighted by Crippen LogP contribution is 2.27. The molecule has 0 radical (unpaired) electrons. The fourth-order valence-corrected chi connectivity index (χ4v) is 1.62. The van der Waals surface area contributed by atoms with Gasteiger partial charge in [-0.3, -0.25) is 0 Å². The van der Waals surface area contributed by atoms with Crippen LogP contribution in [0.25, 0.3) is 0 Å². The van der Waals surface area contributed by atoms with Crippen molar-refractivity contribution in [3.8, 4) is 0 Å². The van der Waals surface area contributed by atoms with Gasteiger partial charge in [-0.15, -0.1) is 0 Å². The zero-order valence-corrected chi connectivity index (χ0v) is 8.80. The summed E-state index contributed by atoms with van der Waals surface area (Å²) >= 11 is 0. The summed E-state index contributed by atoms with van der Waals surface area (Å²) < 4.78 is 10.3. The van der Waals surface area contributed by atoms with Crippen molar-refractivity contribution in [1.29, 1.82) is 0 Å². The summed E-state index contributed by atoms with van der Waals surface area (Å²) in [5.74, 6) is 0. The molecule has 0 fully saturated rings. The van der Waals surface area contributed by atoms with Gasteiger partial charge in [-0.2, -0.15) is 4.89 Å². The summed E-state index contributed by atoms with van der Waals surface area (Å²) in [7, 11) is 3.17. The molecule has 1 aromatic carbocycles. The third-order valence-corrected chi connectivity index (χ3v) is 2.42. The lowest BCUT2D eigenvalue weighted by atomic mass is 10.0. The molecule has 4 nitrogen and oxygen atoms in total. The van der Waals surface area contributed by atoms with Gasteiger partial charge in [0.15, 0.2) is 6.29 Å². The van der Waals surface area contributed by atoms with Crippen LogP contribution in [-0.2, 0) is 25.7 Å². The van der Waals surface area contributed by atoms with Crippen molar-refractivity contribution in [2.75, 3.05) is 14.2 Å². The number of ether oxygens (including phenoxy) is 2. The van der Waals surface area contributed by atoms with Crippen molar-refractivity contribution in [1.82, 2.24) is 0 Å². The van der Waals surface area contributed by atoms with E-state index < -0.39 is 6.29 Å². The zero-order chi connectivity index (χ0) is 10.7. The van der Waals surface area contributed by atoms with Gasteiger partial charge in [-0.1, -0.05) is 24.3 Å². The number of rotatable bonds is 2. The van der Waals surface area contributed by atoms with Crippen molar-refractivity contribution in [2.24, 2.45) is 0 Å². The van der Waals surface area contributed by atoms with Gasteiger partial charge < -0.3 is 9.47 Å². The van der Waals surface area contributed by atoms with Crippen LogP contribution in [0, 0.1) is 0 Å². The van der Waals surface area contributed by atoms with Gasteiger partial charge in [0.25, 0.3) is 0 Å². The second kappa shape index (κ2) is 4.72. The molecule has 1 aliphatic heterocycles. The smallest absolute Gasteiger partial charge is 0.217 e. The lowest BCUT2D eigenvalue weighted by Crippen LogP contribution is -2.16. The summed E-state index contributed by atoms with van der Waals surface area (Å²) in [5.41, 5.74) is 2.10. The summed E-state index contributed by atoms with van der Waals surface area (Å²) in [4.78, 5) is 10.2. The maximum Gasteiger partial charge on any atom is 0.217 e. The van der Waals surface area contributed by atoms with Gasteiger partial charge in [-0.05, 0) is 5.56 Å². The first-order valence-corrected chi connectivity index (χ1v) is 4.80. The molecule has 2 atom stereocenters. The molecule has 0 spiro atoms. The molecular weight excluding hydrogens is 196 g/mol. The van der Waals surface area contributed by atoms with E-state index in [0.717, 1.165) is 11.1 Å². The highest BCUT2D eigenvalue weighted by atomic mass is 17.2. The lowest BCUT2D eigenvalue weighted by Gasteiger charge is -2.14. The average molecular weight is 210 g/mol. The minimum Gasteiger partial charge on any atom is -0.353 e. The molecule has 15 heavy (non-hydrogen) atoms. The molecule has 0 bridgehead atoms. The normalized spacial score (nSPS) is 25.7. The van der Waals surface area contributed by atoms with E-state index in [2.05, 4.69) is 0 Å². The fourth-order valence-electron chi connectivity index (χ4n) is 1.62. The van der Waals surface area contributed by atoms with E-state index >= 15 is 0 Å². The minimum absolute atomic E-state index is 0.383. The van der Waals surface area contributed by atoms with E-state index in [0.29, 0.717) is 6.42 Å². The quantitative estimate of drug-likeness (QED) is 0.697. The Labute approximate surface area is 88.6 Å². The van der Waals surface area contributed by atoms with Gasteiger partial charge in [0.05, 0.1) is 0 Å². The third kappa shape index (κ3) is 2.18. The molecule has 82 valence electrons. The molecule has 2 rings (SSSR count). The Morgan fingerprint density at radius 1 is 1.13 bits per heavy atom. The van der Waals surface area contributed by atoms with Crippen molar-refractivity contribution in [3.63, 3.8) is 0 Å². The van der Waals surface area contributed by atoms with Crippen LogP contribution < -0.4 is 0 Å². The average Bonchev–Trinajstić information content (AvgIpc) is 2.47. The molecular formula is C11H14O4. The summed E-state index contributed by atoms with van der Waals surface area (Å²) in [6.45, 7) is 0. The van der Waals surface area contributed by atoms with Crippen molar-refractivity contribution in [2.45, 2.75) is 19.0 Å². The van der Waals surface area contributed by atoms with E-state index in [4.69, 9.17) is 19.2 Å². The number of hydrogen-bond acceptors (Lipinski definition) is 4. The van der Waals surface area contributed by atoms with E-state index in [1.807, 2.05) is 24.3 Å². The van der Waals surface area contributed by atoms with Crippen molar-refractivity contribution >= 4 is 0 Å². The Balaban J connectivity index is 2.31. The topological polar surface area (TPSA) is 36.9 Å². The predicted octanol–water partition coefficient (Wildman–Crippen LogP) is 1.81. The van der Waals surface area contributed by atoms with E-state index in [1.54, 1.807) is 14.2 Å². The van der Waals surface area contributed by atoms with Crippen LogP contribution in [0.5, 0.6) is 0 Å². The Bertz CT molecular complexity index is 326. The Hall–Kier alpha value is -0.940. The third-order valence-electron chi connectivity index (χ3n) is 2.42. The van der Waals surface area contributed by atoms with Crippen LogP contribution >= 0.6 is 0 Å². The lowest BCUT2D eigenvalue weighted by molar-refractivity contribution is -0.428. The molecule has 0 saturated heterocycles. The zero-order valence-electron chi connectivity index (χ0n) is 8.80. The Morgan fingerprint density at radius 3 is 2.67 bits per heavy atom. The van der Waals surface area contributed by atoms with E-state index in [1.165, 1.54) is 0 Å². The van der Waals surface area contributed by atoms with Crippen molar-refractivity contribution in [3.05, 3.63) is 35.4 Å². The second-order valence-electron chi connectivity index (χ2n) is 3.33. The minimum atomic E-state index is -0.485. The standard InChI is InChI=1S/C11H14O4/c1-12-10-7-8-5-3-4-6-9(8)11(13-2)15-14-10/h3-6,10-11H,7H2,1-2H3. The Kier molecular flexibility index (Phi) is 3.33. The van der Waals surface area contributed by atoms with Crippen LogP contribution in [0.2, 0.25) is 0 Å². The molecule has 4 heteroatoms. The molecule has 0 saturated carbocycles. The van der Waals surface area contributed by atoms with Gasteiger partial charge in [-0.25, -0.2) is 4.89 Å². The molecule has 2 unspecified atom stereocenters. The molecule has 1 aromatic rings. The van der Waals surface area contributed by atoms with Crippen molar-refractivity contribution < 1.29 is 19.2 Å². The molecule has 0 amide bonds. The SMILES string of the molecule is COC1Cc2ccccc2C(OC)OO1. The number of hydrogen-bond donors (Lipinski definition) is 0. The summed E-state index contributed by atoms with van der Waals surface area (Å²) in [6, 6.07) is 7.90. The maximum atomic E-state index is 5.19. The second-order valence-corrected chi connectivity index (χ2v) is 3.33. The Morgan fingerprint density at radius 2 is 1.93 bits per heavy atom. The molecule has 1 aliphatic rings. The van der Waals surface area contributed by atoms with Crippen LogP contribution in [0.1, 0.15) is 17.4 Å². The number of fused-ring (bicyclic) bond motifs is 1. The first-order chi connectivity index (χ1) is 7.35. The van der Waals surface area contributed by atoms with Crippen LogP contribution in [-0.4, -0.2) is 20.5 Å². The number of methoxy groups -OCH3 is 2. The first-order valence-electron chi connectivity index (χ1n) is 4.80. The maximum absolute atomic E-state index is 5.19. The summed E-state index contributed by atoms with van der Waals surface area (Å²) in [5, 5.41) is 0. The van der Waals surface area contributed by atoms with Gasteiger partial charge >= 0.3 is 0 Å².